The first-order chi connectivity index (χ1) is 9.22. The van der Waals surface area contributed by atoms with Gasteiger partial charge in [-0.3, -0.25) is 0 Å². The lowest BCUT2D eigenvalue weighted by Gasteiger charge is -2.28. The van der Waals surface area contributed by atoms with Gasteiger partial charge in [0.05, 0.1) is 0 Å². The maximum atomic E-state index is 4.64. The number of aromatic nitrogens is 1. The van der Waals surface area contributed by atoms with Crippen LogP contribution in [0.15, 0.2) is 18.3 Å². The van der Waals surface area contributed by atoms with Crippen molar-refractivity contribution in [1.82, 2.24) is 10.3 Å². The highest BCUT2D eigenvalue weighted by Gasteiger charge is 2.18. The zero-order valence-electron chi connectivity index (χ0n) is 12.5. The maximum absolute atomic E-state index is 4.64. The van der Waals surface area contributed by atoms with E-state index in [4.69, 9.17) is 0 Å². The number of nitrogens with one attached hydrogen (secondary N) is 1. The van der Waals surface area contributed by atoms with Gasteiger partial charge in [0, 0.05) is 25.3 Å². The number of pyridine rings is 1. The Bertz CT molecular complexity index is 366. The zero-order valence-corrected chi connectivity index (χ0v) is 12.5. The Morgan fingerprint density at radius 3 is 2.42 bits per heavy atom. The number of nitrogens with zero attached hydrogens (tertiary/aromatic N) is 2. The lowest BCUT2D eigenvalue weighted by molar-refractivity contribution is 0.549. The summed E-state index contributed by atoms with van der Waals surface area (Å²) in [5.41, 5.74) is 1.25. The summed E-state index contributed by atoms with van der Waals surface area (Å²) in [6, 6.07) is 5.39. The Labute approximate surface area is 117 Å². The van der Waals surface area contributed by atoms with Crippen molar-refractivity contribution >= 4 is 5.82 Å². The van der Waals surface area contributed by atoms with E-state index < -0.39 is 0 Å². The second-order valence-corrected chi connectivity index (χ2v) is 5.72. The van der Waals surface area contributed by atoms with Gasteiger partial charge in [0.25, 0.3) is 0 Å². The monoisotopic (exact) mass is 261 g/mol. The van der Waals surface area contributed by atoms with Crippen LogP contribution in [0.1, 0.15) is 57.1 Å². The van der Waals surface area contributed by atoms with Crippen LogP contribution in [0.3, 0.4) is 0 Å². The van der Waals surface area contributed by atoms with E-state index >= 15 is 0 Å². The molecule has 1 aliphatic carbocycles. The van der Waals surface area contributed by atoms with Gasteiger partial charge in [-0.05, 0) is 38.4 Å². The molecule has 0 radical (unpaired) electrons. The van der Waals surface area contributed by atoms with Crippen LogP contribution in [0.25, 0.3) is 0 Å². The topological polar surface area (TPSA) is 28.2 Å². The van der Waals surface area contributed by atoms with E-state index in [2.05, 4.69) is 41.3 Å². The van der Waals surface area contributed by atoms with Crippen LogP contribution >= 0.6 is 0 Å². The molecule has 1 aliphatic rings. The van der Waals surface area contributed by atoms with Gasteiger partial charge < -0.3 is 10.2 Å². The molecule has 1 heterocycles. The molecule has 1 aromatic heterocycles. The SMILES string of the molecule is CNC(C)c1ccc(N(C)C2CCCCCC2)nc1. The standard InChI is InChI=1S/C16H27N3/c1-13(17-2)14-10-11-16(18-12-14)19(3)15-8-6-4-5-7-9-15/h10-13,15,17H,4-9H2,1-3H3. The number of rotatable bonds is 4. The average Bonchev–Trinajstić information content (AvgIpc) is 2.75. The largest absolute Gasteiger partial charge is 0.357 e. The van der Waals surface area contributed by atoms with Crippen molar-refractivity contribution in [2.45, 2.75) is 57.5 Å². The van der Waals surface area contributed by atoms with Crippen molar-refractivity contribution in [3.63, 3.8) is 0 Å². The quantitative estimate of drug-likeness (QED) is 0.841. The van der Waals surface area contributed by atoms with Crippen LogP contribution in [-0.2, 0) is 0 Å². The van der Waals surface area contributed by atoms with Gasteiger partial charge >= 0.3 is 0 Å². The molecule has 106 valence electrons. The highest BCUT2D eigenvalue weighted by Crippen LogP contribution is 2.24. The minimum atomic E-state index is 0.365. The molecule has 1 fully saturated rings. The Morgan fingerprint density at radius 2 is 1.89 bits per heavy atom. The Hall–Kier alpha value is -1.09. The Morgan fingerprint density at radius 1 is 1.21 bits per heavy atom. The second kappa shape index (κ2) is 6.90. The van der Waals surface area contributed by atoms with Crippen LogP contribution in [-0.4, -0.2) is 25.1 Å². The molecule has 0 bridgehead atoms. The summed E-state index contributed by atoms with van der Waals surface area (Å²) in [5, 5.41) is 3.25. The van der Waals surface area contributed by atoms with Gasteiger partial charge in [-0.2, -0.15) is 0 Å². The summed E-state index contributed by atoms with van der Waals surface area (Å²) in [6.45, 7) is 2.16. The molecule has 3 nitrogen and oxygen atoms in total. The van der Waals surface area contributed by atoms with E-state index in [9.17, 15) is 0 Å². The van der Waals surface area contributed by atoms with Crippen LogP contribution in [0.5, 0.6) is 0 Å². The van der Waals surface area contributed by atoms with Gasteiger partial charge in [-0.15, -0.1) is 0 Å². The van der Waals surface area contributed by atoms with Crippen molar-refractivity contribution in [2.75, 3.05) is 19.0 Å². The van der Waals surface area contributed by atoms with Crippen molar-refractivity contribution in [3.05, 3.63) is 23.9 Å². The van der Waals surface area contributed by atoms with Crippen molar-refractivity contribution < 1.29 is 0 Å². The average molecular weight is 261 g/mol. The number of hydrogen-bond donors (Lipinski definition) is 1. The van der Waals surface area contributed by atoms with Gasteiger partial charge in [-0.25, -0.2) is 4.98 Å². The molecule has 0 aromatic carbocycles. The first-order valence-electron chi connectivity index (χ1n) is 7.58. The van der Waals surface area contributed by atoms with E-state index in [1.54, 1.807) is 0 Å². The molecule has 0 aliphatic heterocycles. The third-order valence-corrected chi connectivity index (χ3v) is 4.44. The van der Waals surface area contributed by atoms with E-state index in [0.717, 1.165) is 5.82 Å². The fourth-order valence-electron chi connectivity index (χ4n) is 2.86. The summed E-state index contributed by atoms with van der Waals surface area (Å²) >= 11 is 0. The molecular weight excluding hydrogens is 234 g/mol. The van der Waals surface area contributed by atoms with Crippen LogP contribution in [0.2, 0.25) is 0 Å². The van der Waals surface area contributed by atoms with Crippen LogP contribution in [0, 0.1) is 0 Å². The lowest BCUT2D eigenvalue weighted by Crippen LogP contribution is -2.31. The predicted octanol–water partition coefficient (Wildman–Crippen LogP) is 3.52. The van der Waals surface area contributed by atoms with E-state index in [1.807, 2.05) is 13.2 Å². The summed E-state index contributed by atoms with van der Waals surface area (Å²) in [5.74, 6) is 1.11. The fraction of sp³-hybridized carbons (Fsp3) is 0.688. The highest BCUT2D eigenvalue weighted by molar-refractivity contribution is 5.40. The molecule has 1 aromatic rings. The second-order valence-electron chi connectivity index (χ2n) is 5.72. The molecule has 0 spiro atoms. The maximum Gasteiger partial charge on any atom is 0.128 e. The number of anilines is 1. The van der Waals surface area contributed by atoms with Crippen molar-refractivity contribution in [1.29, 1.82) is 0 Å². The summed E-state index contributed by atoms with van der Waals surface area (Å²) in [6.07, 6.45) is 10.2. The minimum absolute atomic E-state index is 0.365. The van der Waals surface area contributed by atoms with E-state index in [-0.39, 0.29) is 0 Å². The molecule has 0 amide bonds. The first kappa shape index (κ1) is 14.3. The summed E-state index contributed by atoms with van der Waals surface area (Å²) < 4.78 is 0. The number of hydrogen-bond acceptors (Lipinski definition) is 3. The molecule has 1 unspecified atom stereocenters. The Kier molecular flexibility index (Phi) is 5.20. The molecule has 19 heavy (non-hydrogen) atoms. The molecule has 3 heteroatoms. The molecule has 1 atom stereocenters. The highest BCUT2D eigenvalue weighted by atomic mass is 15.2. The normalized spacial score (nSPS) is 18.9. The molecule has 0 saturated heterocycles. The molecule has 2 rings (SSSR count). The van der Waals surface area contributed by atoms with Gasteiger partial charge in [-0.1, -0.05) is 31.7 Å². The van der Waals surface area contributed by atoms with Crippen LogP contribution in [0.4, 0.5) is 5.82 Å². The van der Waals surface area contributed by atoms with Crippen molar-refractivity contribution in [2.24, 2.45) is 0 Å². The predicted molar refractivity (Wildman–Crippen MR) is 81.6 cm³/mol. The van der Waals surface area contributed by atoms with Gasteiger partial charge in [0.1, 0.15) is 5.82 Å². The van der Waals surface area contributed by atoms with Crippen molar-refractivity contribution in [3.8, 4) is 0 Å². The molecule has 1 saturated carbocycles. The third kappa shape index (κ3) is 3.69. The van der Waals surface area contributed by atoms with E-state index in [1.165, 1.54) is 44.1 Å². The minimum Gasteiger partial charge on any atom is -0.357 e. The van der Waals surface area contributed by atoms with E-state index in [0.29, 0.717) is 12.1 Å². The molecular formula is C16H27N3. The zero-order chi connectivity index (χ0) is 13.7. The third-order valence-electron chi connectivity index (χ3n) is 4.44. The smallest absolute Gasteiger partial charge is 0.128 e. The van der Waals surface area contributed by atoms with Crippen LogP contribution < -0.4 is 10.2 Å². The fourth-order valence-corrected chi connectivity index (χ4v) is 2.86. The molecule has 1 N–H and O–H groups in total. The summed E-state index contributed by atoms with van der Waals surface area (Å²) in [4.78, 5) is 7.01. The summed E-state index contributed by atoms with van der Waals surface area (Å²) in [7, 11) is 4.18. The van der Waals surface area contributed by atoms with Gasteiger partial charge in [0.15, 0.2) is 0 Å². The lowest BCUT2D eigenvalue weighted by atomic mass is 10.1. The Balaban J connectivity index is 2.03. The first-order valence-corrected chi connectivity index (χ1v) is 7.58. The van der Waals surface area contributed by atoms with Gasteiger partial charge in [0.2, 0.25) is 0 Å².